The van der Waals surface area contributed by atoms with Crippen LogP contribution in [0.4, 0.5) is 26.3 Å². The first-order valence-corrected chi connectivity index (χ1v) is 10.0. The summed E-state index contributed by atoms with van der Waals surface area (Å²) >= 11 is 0. The third-order valence-corrected chi connectivity index (χ3v) is 5.45. The van der Waals surface area contributed by atoms with Gasteiger partial charge in [0.1, 0.15) is 0 Å². The van der Waals surface area contributed by atoms with Crippen LogP contribution in [0.25, 0.3) is 11.1 Å². The maximum absolute atomic E-state index is 13.2. The number of alkyl halides is 6. The molecular formula is C19H13F6NO2S. The Bertz CT molecular complexity index is 1080. The summed E-state index contributed by atoms with van der Waals surface area (Å²) < 4.78 is 101. The van der Waals surface area contributed by atoms with Gasteiger partial charge in [0.2, 0.25) is 0 Å². The van der Waals surface area contributed by atoms with Crippen LogP contribution in [0.3, 0.4) is 0 Å². The summed E-state index contributed by atoms with van der Waals surface area (Å²) in [5.41, 5.74) is -0.650. The minimum absolute atomic E-state index is 0.00889. The van der Waals surface area contributed by atoms with Gasteiger partial charge in [-0.3, -0.25) is 4.98 Å². The Kier molecular flexibility index (Phi) is 5.10. The first-order chi connectivity index (χ1) is 13.3. The Labute approximate surface area is 162 Å². The summed E-state index contributed by atoms with van der Waals surface area (Å²) in [6.07, 6.45) is -5.84. The second-order valence-corrected chi connectivity index (χ2v) is 8.47. The summed E-state index contributed by atoms with van der Waals surface area (Å²) in [4.78, 5) is 3.67. The number of benzene rings is 1. The molecule has 2 aromatic rings. The van der Waals surface area contributed by atoms with Crippen molar-refractivity contribution in [2.75, 3.05) is 6.26 Å². The third-order valence-electron chi connectivity index (χ3n) is 4.32. The van der Waals surface area contributed by atoms with E-state index in [1.807, 2.05) is 0 Å². The fraction of sp³-hybridized carbons (Fsp3) is 0.211. The van der Waals surface area contributed by atoms with E-state index in [0.29, 0.717) is 6.20 Å². The molecule has 29 heavy (non-hydrogen) atoms. The van der Waals surface area contributed by atoms with Crippen molar-refractivity contribution in [2.45, 2.75) is 17.2 Å². The lowest BCUT2D eigenvalue weighted by atomic mass is 9.98. The van der Waals surface area contributed by atoms with Gasteiger partial charge in [0.05, 0.1) is 22.1 Å². The van der Waals surface area contributed by atoms with Gasteiger partial charge in [-0.05, 0) is 35.4 Å². The van der Waals surface area contributed by atoms with E-state index in [1.54, 1.807) is 0 Å². The zero-order valence-electron chi connectivity index (χ0n) is 14.7. The summed E-state index contributed by atoms with van der Waals surface area (Å²) in [6.45, 7) is 0. The summed E-state index contributed by atoms with van der Waals surface area (Å²) in [5, 5.41) is 0. The lowest BCUT2D eigenvalue weighted by Crippen LogP contribution is -2.17. The molecule has 1 atom stereocenters. The first-order valence-electron chi connectivity index (χ1n) is 8.11. The molecular weight excluding hydrogens is 420 g/mol. The van der Waals surface area contributed by atoms with Crippen LogP contribution in [-0.2, 0) is 16.0 Å². The minimum atomic E-state index is -4.62. The van der Waals surface area contributed by atoms with E-state index in [9.17, 15) is 34.8 Å². The van der Waals surface area contributed by atoms with E-state index in [1.165, 1.54) is 24.3 Å². The molecule has 154 valence electrons. The molecule has 1 unspecified atom stereocenters. The standard InChI is InChI=1S/C19H13F6NO2S/c1-29(27,28)14-5-2-11(3-6-14)15-8-13(19(23,24)25)9-16(15)17-7-4-12(10-26-17)18(20,21)22/h2-10,13H,1H3. The number of halogens is 6. The molecule has 0 fully saturated rings. The Morgan fingerprint density at radius 3 is 1.90 bits per heavy atom. The highest BCUT2D eigenvalue weighted by Gasteiger charge is 2.40. The SMILES string of the molecule is CS(=O)(=O)c1ccc(C2=CC(C(F)(F)F)C=C2c2ccc(C(F)(F)F)cn2)cc1. The van der Waals surface area contributed by atoms with Gasteiger partial charge < -0.3 is 0 Å². The molecule has 0 amide bonds. The molecule has 0 radical (unpaired) electrons. The molecule has 3 rings (SSSR count). The number of aromatic nitrogens is 1. The second-order valence-electron chi connectivity index (χ2n) is 6.45. The molecule has 1 aromatic carbocycles. The van der Waals surface area contributed by atoms with E-state index in [-0.39, 0.29) is 27.3 Å². The number of hydrogen-bond donors (Lipinski definition) is 0. The Hall–Kier alpha value is -2.62. The summed E-state index contributed by atoms with van der Waals surface area (Å²) in [5.74, 6) is -1.94. The van der Waals surface area contributed by atoms with Crippen LogP contribution in [0, 0.1) is 5.92 Å². The molecule has 0 saturated carbocycles. The molecule has 1 heterocycles. The number of nitrogens with zero attached hydrogens (tertiary/aromatic N) is 1. The second kappa shape index (κ2) is 7.01. The number of hydrogen-bond acceptors (Lipinski definition) is 3. The molecule has 0 bridgehead atoms. The zero-order valence-corrected chi connectivity index (χ0v) is 15.5. The fourth-order valence-electron chi connectivity index (χ4n) is 2.85. The average molecular weight is 433 g/mol. The van der Waals surface area contributed by atoms with E-state index in [4.69, 9.17) is 0 Å². The van der Waals surface area contributed by atoms with E-state index in [0.717, 1.165) is 30.5 Å². The van der Waals surface area contributed by atoms with E-state index in [2.05, 4.69) is 4.98 Å². The molecule has 3 nitrogen and oxygen atoms in total. The smallest absolute Gasteiger partial charge is 0.256 e. The Balaban J connectivity index is 2.05. The molecule has 0 spiro atoms. The Morgan fingerprint density at radius 2 is 1.45 bits per heavy atom. The van der Waals surface area contributed by atoms with Crippen molar-refractivity contribution in [3.8, 4) is 0 Å². The highest BCUT2D eigenvalue weighted by Crippen LogP contribution is 2.44. The minimum Gasteiger partial charge on any atom is -0.256 e. The van der Waals surface area contributed by atoms with Crippen LogP contribution >= 0.6 is 0 Å². The molecule has 1 aliphatic carbocycles. The van der Waals surface area contributed by atoms with Crippen molar-refractivity contribution in [3.05, 3.63) is 71.6 Å². The number of allylic oxidation sites excluding steroid dienone is 4. The van der Waals surface area contributed by atoms with Crippen molar-refractivity contribution >= 4 is 21.0 Å². The van der Waals surface area contributed by atoms with Gasteiger partial charge in [0.25, 0.3) is 0 Å². The van der Waals surface area contributed by atoms with Crippen LogP contribution < -0.4 is 0 Å². The highest BCUT2D eigenvalue weighted by molar-refractivity contribution is 7.90. The largest absolute Gasteiger partial charge is 0.417 e. The monoisotopic (exact) mass is 433 g/mol. The maximum atomic E-state index is 13.2. The fourth-order valence-corrected chi connectivity index (χ4v) is 3.48. The topological polar surface area (TPSA) is 47.0 Å². The molecule has 10 heteroatoms. The van der Waals surface area contributed by atoms with E-state index >= 15 is 0 Å². The lowest BCUT2D eigenvalue weighted by molar-refractivity contribution is -0.148. The van der Waals surface area contributed by atoms with Crippen LogP contribution in [-0.4, -0.2) is 25.8 Å². The molecule has 1 aliphatic rings. The van der Waals surface area contributed by atoms with Gasteiger partial charge in [0.15, 0.2) is 9.84 Å². The maximum Gasteiger partial charge on any atom is 0.417 e. The molecule has 0 N–H and O–H groups in total. The van der Waals surface area contributed by atoms with Gasteiger partial charge in [-0.2, -0.15) is 26.3 Å². The summed E-state index contributed by atoms with van der Waals surface area (Å²) in [6, 6.07) is 6.95. The molecule has 0 aliphatic heterocycles. The predicted octanol–water partition coefficient (Wildman–Crippen LogP) is 5.16. The van der Waals surface area contributed by atoms with Gasteiger partial charge in [-0.15, -0.1) is 0 Å². The zero-order chi connectivity index (χ0) is 21.6. The molecule has 0 saturated heterocycles. The van der Waals surface area contributed by atoms with Gasteiger partial charge in [0, 0.05) is 18.0 Å². The van der Waals surface area contributed by atoms with Crippen LogP contribution in [0.15, 0.2) is 59.6 Å². The van der Waals surface area contributed by atoms with Crippen molar-refractivity contribution in [1.29, 1.82) is 0 Å². The van der Waals surface area contributed by atoms with Crippen molar-refractivity contribution in [3.63, 3.8) is 0 Å². The van der Waals surface area contributed by atoms with Crippen molar-refractivity contribution < 1.29 is 34.8 Å². The quantitative estimate of drug-likeness (QED) is 0.628. The highest BCUT2D eigenvalue weighted by atomic mass is 32.2. The van der Waals surface area contributed by atoms with Crippen molar-refractivity contribution in [2.24, 2.45) is 5.92 Å². The van der Waals surface area contributed by atoms with Gasteiger partial charge in [-0.25, -0.2) is 8.42 Å². The van der Waals surface area contributed by atoms with Crippen LogP contribution in [0.2, 0.25) is 0 Å². The normalized spacial score (nSPS) is 17.8. The number of rotatable bonds is 3. The van der Waals surface area contributed by atoms with Crippen LogP contribution in [0.1, 0.15) is 16.8 Å². The number of pyridine rings is 1. The summed E-state index contributed by atoms with van der Waals surface area (Å²) in [7, 11) is -3.49. The lowest BCUT2D eigenvalue weighted by Gasteiger charge is -2.11. The average Bonchev–Trinajstić information content (AvgIpc) is 3.06. The number of sulfone groups is 1. The van der Waals surface area contributed by atoms with Gasteiger partial charge in [-0.1, -0.05) is 24.3 Å². The van der Waals surface area contributed by atoms with Crippen LogP contribution in [0.5, 0.6) is 0 Å². The first kappa shape index (κ1) is 21.1. The predicted molar refractivity (Wildman–Crippen MR) is 94.3 cm³/mol. The van der Waals surface area contributed by atoms with E-state index < -0.39 is 33.7 Å². The van der Waals surface area contributed by atoms with Crippen molar-refractivity contribution in [1.82, 2.24) is 4.98 Å². The third kappa shape index (κ3) is 4.52. The molecule has 1 aromatic heterocycles. The Morgan fingerprint density at radius 1 is 0.862 bits per heavy atom. The van der Waals surface area contributed by atoms with Gasteiger partial charge >= 0.3 is 12.4 Å².